The molecule has 0 bridgehead atoms. The minimum Gasteiger partial charge on any atom is -0.378 e. The van der Waals surface area contributed by atoms with Gasteiger partial charge in [-0.3, -0.25) is 4.90 Å². The van der Waals surface area contributed by atoms with E-state index in [2.05, 4.69) is 69.4 Å². The Balaban J connectivity index is 1.27. The topological polar surface area (TPSA) is 47.5 Å². The summed E-state index contributed by atoms with van der Waals surface area (Å²) >= 11 is 0. The normalized spacial score (nSPS) is 18.8. The van der Waals surface area contributed by atoms with Crippen LogP contribution in [0.2, 0.25) is 0 Å². The molecule has 30 heavy (non-hydrogen) atoms. The van der Waals surface area contributed by atoms with E-state index < -0.39 is 0 Å². The fourth-order valence-electron chi connectivity index (χ4n) is 4.47. The predicted molar refractivity (Wildman–Crippen MR) is 125 cm³/mol. The van der Waals surface area contributed by atoms with Gasteiger partial charge in [-0.1, -0.05) is 25.0 Å². The van der Waals surface area contributed by atoms with Gasteiger partial charge in [0.05, 0.1) is 0 Å². The van der Waals surface area contributed by atoms with Crippen LogP contribution < -0.4 is 15.1 Å². The Hall–Kier alpha value is -2.34. The molecular formula is C24H36N6. The molecule has 2 aromatic rings. The first-order valence-electron chi connectivity index (χ1n) is 11.5. The van der Waals surface area contributed by atoms with Gasteiger partial charge in [0.1, 0.15) is 5.82 Å². The molecule has 0 aliphatic carbocycles. The Kier molecular flexibility index (Phi) is 7.05. The lowest BCUT2D eigenvalue weighted by Gasteiger charge is -2.32. The van der Waals surface area contributed by atoms with Crippen molar-refractivity contribution in [3.05, 3.63) is 42.1 Å². The summed E-state index contributed by atoms with van der Waals surface area (Å²) in [4.78, 5) is 16.4. The first kappa shape index (κ1) is 20.9. The van der Waals surface area contributed by atoms with E-state index in [0.717, 1.165) is 57.3 Å². The number of nitrogens with one attached hydrogen (secondary N) is 1. The van der Waals surface area contributed by atoms with Gasteiger partial charge in [0.2, 0.25) is 5.95 Å². The fourth-order valence-corrected chi connectivity index (χ4v) is 4.47. The average molecular weight is 409 g/mol. The van der Waals surface area contributed by atoms with Crippen molar-refractivity contribution in [2.45, 2.75) is 51.1 Å². The third-order valence-corrected chi connectivity index (χ3v) is 6.35. The summed E-state index contributed by atoms with van der Waals surface area (Å²) in [5.41, 5.74) is 2.64. The summed E-state index contributed by atoms with van der Waals surface area (Å²) < 4.78 is 0. The molecule has 2 aliphatic rings. The van der Waals surface area contributed by atoms with Gasteiger partial charge >= 0.3 is 0 Å². The van der Waals surface area contributed by atoms with E-state index in [-0.39, 0.29) is 0 Å². The van der Waals surface area contributed by atoms with Crippen LogP contribution in [0.3, 0.4) is 0 Å². The molecular weight excluding hydrogens is 372 g/mol. The van der Waals surface area contributed by atoms with Crippen LogP contribution in [0.25, 0.3) is 0 Å². The van der Waals surface area contributed by atoms with Gasteiger partial charge in [0, 0.05) is 64.7 Å². The standard InChI is InChI=1S/C24H36N6/c1-28(2)22-9-7-20(8-10-22)19-29-17-12-21(13-18-29)26-24-25-14-11-23(27-24)30-15-5-3-4-6-16-30/h7-11,14,21H,3-6,12-13,15-19H2,1-2H3,(H,25,26,27). The third kappa shape index (κ3) is 5.63. The van der Waals surface area contributed by atoms with Crippen molar-refractivity contribution in [2.24, 2.45) is 0 Å². The summed E-state index contributed by atoms with van der Waals surface area (Å²) in [5, 5.41) is 3.60. The highest BCUT2D eigenvalue weighted by atomic mass is 15.2. The number of likely N-dealkylation sites (tertiary alicyclic amines) is 1. The molecule has 0 atom stereocenters. The highest BCUT2D eigenvalue weighted by molar-refractivity contribution is 5.46. The second-order valence-corrected chi connectivity index (χ2v) is 8.90. The fraction of sp³-hybridized carbons (Fsp3) is 0.583. The highest BCUT2D eigenvalue weighted by Gasteiger charge is 2.20. The molecule has 2 fully saturated rings. The maximum absolute atomic E-state index is 4.83. The zero-order valence-electron chi connectivity index (χ0n) is 18.6. The van der Waals surface area contributed by atoms with Crippen LogP contribution in [0.5, 0.6) is 0 Å². The zero-order chi connectivity index (χ0) is 20.8. The second kappa shape index (κ2) is 10.1. The molecule has 0 spiro atoms. The van der Waals surface area contributed by atoms with Gasteiger partial charge in [0.25, 0.3) is 0 Å². The van der Waals surface area contributed by atoms with Crippen molar-refractivity contribution >= 4 is 17.5 Å². The Bertz CT molecular complexity index is 775. The maximum Gasteiger partial charge on any atom is 0.224 e. The van der Waals surface area contributed by atoms with Crippen LogP contribution in [0.1, 0.15) is 44.1 Å². The molecule has 0 unspecified atom stereocenters. The summed E-state index contributed by atoms with van der Waals surface area (Å²) in [5.74, 6) is 1.86. The molecule has 0 radical (unpaired) electrons. The lowest BCUT2D eigenvalue weighted by molar-refractivity contribution is 0.211. The summed E-state index contributed by atoms with van der Waals surface area (Å²) in [6.07, 6.45) is 9.38. The number of piperidine rings is 1. The number of hydrogen-bond donors (Lipinski definition) is 1. The third-order valence-electron chi connectivity index (χ3n) is 6.35. The van der Waals surface area contributed by atoms with Crippen molar-refractivity contribution in [3.8, 4) is 0 Å². The van der Waals surface area contributed by atoms with Crippen LogP contribution in [0, 0.1) is 0 Å². The first-order valence-corrected chi connectivity index (χ1v) is 11.5. The number of anilines is 3. The van der Waals surface area contributed by atoms with Gasteiger partial charge in [-0.15, -0.1) is 0 Å². The van der Waals surface area contributed by atoms with E-state index in [9.17, 15) is 0 Å². The maximum atomic E-state index is 4.83. The minimum atomic E-state index is 0.455. The monoisotopic (exact) mass is 408 g/mol. The molecule has 3 heterocycles. The van der Waals surface area contributed by atoms with Crippen LogP contribution in [-0.2, 0) is 6.54 Å². The number of nitrogens with zero attached hydrogens (tertiary/aromatic N) is 5. The predicted octanol–water partition coefficient (Wildman–Crippen LogP) is 4.00. The van der Waals surface area contributed by atoms with Crippen LogP contribution in [0.15, 0.2) is 36.5 Å². The number of rotatable bonds is 6. The van der Waals surface area contributed by atoms with Gasteiger partial charge < -0.3 is 15.1 Å². The number of benzene rings is 1. The zero-order valence-corrected chi connectivity index (χ0v) is 18.6. The average Bonchev–Trinajstić information content (AvgIpc) is 3.05. The molecule has 2 saturated heterocycles. The van der Waals surface area contributed by atoms with E-state index in [1.165, 1.54) is 36.9 Å². The van der Waals surface area contributed by atoms with Crippen LogP contribution in [-0.4, -0.2) is 61.2 Å². The minimum absolute atomic E-state index is 0.455. The van der Waals surface area contributed by atoms with Crippen molar-refractivity contribution in [2.75, 3.05) is 55.4 Å². The summed E-state index contributed by atoms with van der Waals surface area (Å²) in [6, 6.07) is 11.4. The molecule has 6 heteroatoms. The quantitative estimate of drug-likeness (QED) is 0.780. The molecule has 1 aromatic carbocycles. The van der Waals surface area contributed by atoms with Gasteiger partial charge in [0.15, 0.2) is 0 Å². The van der Waals surface area contributed by atoms with Crippen LogP contribution >= 0.6 is 0 Å². The first-order chi connectivity index (χ1) is 14.7. The second-order valence-electron chi connectivity index (χ2n) is 8.90. The van der Waals surface area contributed by atoms with Gasteiger partial charge in [-0.25, -0.2) is 4.98 Å². The Morgan fingerprint density at radius 3 is 2.30 bits per heavy atom. The smallest absolute Gasteiger partial charge is 0.224 e. The molecule has 0 amide bonds. The number of hydrogen-bond acceptors (Lipinski definition) is 6. The lowest BCUT2D eigenvalue weighted by Crippen LogP contribution is -2.39. The number of aromatic nitrogens is 2. The molecule has 4 rings (SSSR count). The molecule has 2 aliphatic heterocycles. The molecule has 162 valence electrons. The van der Waals surface area contributed by atoms with Crippen molar-refractivity contribution in [1.29, 1.82) is 0 Å². The molecule has 1 N–H and O–H groups in total. The van der Waals surface area contributed by atoms with Crippen molar-refractivity contribution in [3.63, 3.8) is 0 Å². The molecule has 0 saturated carbocycles. The Labute approximate surface area is 181 Å². The van der Waals surface area contributed by atoms with Crippen LogP contribution in [0.4, 0.5) is 17.5 Å². The van der Waals surface area contributed by atoms with E-state index >= 15 is 0 Å². The summed E-state index contributed by atoms with van der Waals surface area (Å²) in [6.45, 7) is 5.48. The largest absolute Gasteiger partial charge is 0.378 e. The van der Waals surface area contributed by atoms with E-state index in [4.69, 9.17) is 4.98 Å². The molecule has 1 aromatic heterocycles. The SMILES string of the molecule is CN(C)c1ccc(CN2CCC(Nc3nccc(N4CCCCCC4)n3)CC2)cc1. The van der Waals surface area contributed by atoms with E-state index in [0.29, 0.717) is 6.04 Å². The Morgan fingerprint density at radius 1 is 0.933 bits per heavy atom. The molecule has 6 nitrogen and oxygen atoms in total. The van der Waals surface area contributed by atoms with Gasteiger partial charge in [-0.05, 0) is 49.4 Å². The lowest BCUT2D eigenvalue weighted by atomic mass is 10.0. The van der Waals surface area contributed by atoms with Crippen molar-refractivity contribution in [1.82, 2.24) is 14.9 Å². The van der Waals surface area contributed by atoms with Gasteiger partial charge in [-0.2, -0.15) is 4.98 Å². The Morgan fingerprint density at radius 2 is 1.63 bits per heavy atom. The van der Waals surface area contributed by atoms with Crippen molar-refractivity contribution < 1.29 is 0 Å². The summed E-state index contributed by atoms with van der Waals surface area (Å²) in [7, 11) is 4.17. The van der Waals surface area contributed by atoms with E-state index in [1.54, 1.807) is 0 Å². The highest BCUT2D eigenvalue weighted by Crippen LogP contribution is 2.21. The van der Waals surface area contributed by atoms with E-state index in [1.807, 2.05) is 6.20 Å².